The van der Waals surface area contributed by atoms with E-state index in [9.17, 15) is 24.3 Å². The normalized spacial score (nSPS) is 14.3. The lowest BCUT2D eigenvalue weighted by Gasteiger charge is -2.23. The Hall–Kier alpha value is -1.19. The molecule has 40 heavy (non-hydrogen) atoms. The Morgan fingerprint density at radius 3 is 2.12 bits per heavy atom. The highest BCUT2D eigenvalue weighted by molar-refractivity contribution is 8.00. The average molecular weight is 630 g/mol. The summed E-state index contributed by atoms with van der Waals surface area (Å²) in [6.45, 7) is 7.24. The van der Waals surface area contributed by atoms with Gasteiger partial charge in [-0.05, 0) is 25.9 Å². The fourth-order valence-corrected chi connectivity index (χ4v) is 4.53. The van der Waals surface area contributed by atoms with E-state index in [4.69, 9.17) is 24.1 Å². The molecular weight excluding hydrogens is 582 g/mol. The third-order valence-corrected chi connectivity index (χ3v) is 8.76. The maximum absolute atomic E-state index is 12.2. The third kappa shape index (κ3) is 21.5. The van der Waals surface area contributed by atoms with E-state index < -0.39 is 24.0 Å². The molecule has 0 aliphatic rings. The first kappa shape index (κ1) is 38.8. The lowest BCUT2D eigenvalue weighted by Crippen LogP contribution is -2.33. The number of aliphatic hydroxyl groups excluding tert-OH is 1. The molecule has 0 heterocycles. The topological polar surface area (TPSA) is 149 Å². The Bertz CT molecular complexity index is 731. The van der Waals surface area contributed by atoms with Gasteiger partial charge in [0, 0.05) is 36.4 Å². The number of carbonyl (C=O) groups is 4. The fraction of sp³-hybridized carbons (Fsp3) is 0.846. The Morgan fingerprint density at radius 2 is 1.50 bits per heavy atom. The maximum atomic E-state index is 12.2. The molecule has 0 rings (SSSR count). The smallest absolute Gasteiger partial charge is 0.318 e. The van der Waals surface area contributed by atoms with E-state index in [0.29, 0.717) is 44.0 Å². The van der Waals surface area contributed by atoms with E-state index in [1.807, 2.05) is 24.3 Å². The number of nitrogens with zero attached hydrogens (tertiary/aromatic N) is 1. The van der Waals surface area contributed by atoms with Gasteiger partial charge in [-0.25, -0.2) is 0 Å². The molecular formula is C26H47NO10S3. The highest BCUT2D eigenvalue weighted by atomic mass is 32.2. The number of carboxylic acid groups (broad SMARTS) is 1. The monoisotopic (exact) mass is 629 g/mol. The van der Waals surface area contributed by atoms with Crippen LogP contribution in [0.25, 0.3) is 0 Å². The molecule has 0 radical (unpaired) electrons. The SMILES string of the molecule is CSC(C)CC(=O)OCCOC(=O)CCN(CCSCC(C)C(=O)O)CCC(O)COCCOC(=O)C(C)SC. The van der Waals surface area contributed by atoms with Gasteiger partial charge in [0.05, 0.1) is 43.3 Å². The second kappa shape index (κ2) is 24.4. The quantitative estimate of drug-likeness (QED) is 0.0865. The molecule has 11 nitrogen and oxygen atoms in total. The Labute approximate surface area is 251 Å². The van der Waals surface area contributed by atoms with Crippen LogP contribution < -0.4 is 0 Å². The number of aliphatic carboxylic acids is 1. The van der Waals surface area contributed by atoms with Crippen molar-refractivity contribution < 1.29 is 48.3 Å². The molecule has 0 aromatic rings. The third-order valence-electron chi connectivity index (χ3n) is 5.69. The number of carboxylic acids is 1. The fourth-order valence-electron chi connectivity index (χ4n) is 2.92. The molecule has 234 valence electrons. The molecule has 2 N–H and O–H groups in total. The van der Waals surface area contributed by atoms with Crippen LogP contribution in [0.1, 0.15) is 40.0 Å². The van der Waals surface area contributed by atoms with Gasteiger partial charge in [0.1, 0.15) is 19.8 Å². The van der Waals surface area contributed by atoms with Gasteiger partial charge in [0.25, 0.3) is 0 Å². The van der Waals surface area contributed by atoms with Crippen molar-refractivity contribution in [3.63, 3.8) is 0 Å². The molecule has 4 atom stereocenters. The van der Waals surface area contributed by atoms with Crippen molar-refractivity contribution in [1.82, 2.24) is 4.90 Å². The number of carbonyl (C=O) groups excluding carboxylic acids is 3. The van der Waals surface area contributed by atoms with E-state index in [1.54, 1.807) is 25.6 Å². The Morgan fingerprint density at radius 1 is 0.850 bits per heavy atom. The summed E-state index contributed by atoms with van der Waals surface area (Å²) in [7, 11) is 0. The van der Waals surface area contributed by atoms with E-state index >= 15 is 0 Å². The summed E-state index contributed by atoms with van der Waals surface area (Å²) >= 11 is 4.49. The first-order valence-corrected chi connectivity index (χ1v) is 17.0. The van der Waals surface area contributed by atoms with Crippen molar-refractivity contribution in [2.45, 2.75) is 56.6 Å². The second-order valence-corrected chi connectivity index (χ2v) is 12.8. The molecule has 0 fully saturated rings. The zero-order valence-electron chi connectivity index (χ0n) is 24.3. The number of esters is 3. The van der Waals surface area contributed by atoms with E-state index in [1.165, 1.54) is 23.5 Å². The van der Waals surface area contributed by atoms with Gasteiger partial charge in [-0.3, -0.25) is 19.2 Å². The molecule has 0 aliphatic carbocycles. The van der Waals surface area contributed by atoms with Gasteiger partial charge in [0.2, 0.25) is 0 Å². The molecule has 4 unspecified atom stereocenters. The maximum Gasteiger partial charge on any atom is 0.318 e. The molecule has 0 bridgehead atoms. The summed E-state index contributed by atoms with van der Waals surface area (Å²) in [5, 5.41) is 19.3. The van der Waals surface area contributed by atoms with Crippen molar-refractivity contribution in [3.8, 4) is 0 Å². The summed E-state index contributed by atoms with van der Waals surface area (Å²) in [6, 6.07) is 0. The highest BCUT2D eigenvalue weighted by Crippen LogP contribution is 2.11. The first-order valence-electron chi connectivity index (χ1n) is 13.3. The minimum Gasteiger partial charge on any atom is -0.481 e. The van der Waals surface area contributed by atoms with Crippen LogP contribution in [-0.2, 0) is 38.1 Å². The molecule has 0 aromatic carbocycles. The van der Waals surface area contributed by atoms with Crippen molar-refractivity contribution in [1.29, 1.82) is 0 Å². The van der Waals surface area contributed by atoms with Gasteiger partial charge in [0.15, 0.2) is 0 Å². The number of rotatable bonds is 25. The van der Waals surface area contributed by atoms with Gasteiger partial charge in [-0.1, -0.05) is 13.8 Å². The number of hydrogen-bond acceptors (Lipinski definition) is 13. The van der Waals surface area contributed by atoms with E-state index in [-0.39, 0.29) is 61.9 Å². The highest BCUT2D eigenvalue weighted by Gasteiger charge is 2.16. The molecule has 0 saturated heterocycles. The predicted molar refractivity (Wildman–Crippen MR) is 160 cm³/mol. The summed E-state index contributed by atoms with van der Waals surface area (Å²) in [5.74, 6) is -1.18. The molecule has 0 saturated carbocycles. The second-order valence-electron chi connectivity index (χ2n) is 9.16. The number of hydrogen-bond donors (Lipinski definition) is 2. The van der Waals surface area contributed by atoms with Crippen LogP contribution >= 0.6 is 35.3 Å². The number of aliphatic hydroxyl groups is 1. The summed E-state index contributed by atoms with van der Waals surface area (Å²) in [4.78, 5) is 48.6. The Balaban J connectivity index is 4.44. The molecule has 0 aliphatic heterocycles. The van der Waals surface area contributed by atoms with Crippen LogP contribution in [0.2, 0.25) is 0 Å². The molecule has 0 aromatic heterocycles. The minimum atomic E-state index is -0.840. The number of ether oxygens (including phenoxy) is 4. The van der Waals surface area contributed by atoms with Gasteiger partial charge >= 0.3 is 23.9 Å². The van der Waals surface area contributed by atoms with Crippen LogP contribution in [0.3, 0.4) is 0 Å². The van der Waals surface area contributed by atoms with Crippen molar-refractivity contribution in [2.24, 2.45) is 5.92 Å². The molecule has 14 heteroatoms. The van der Waals surface area contributed by atoms with Crippen LogP contribution in [-0.4, -0.2) is 132 Å². The van der Waals surface area contributed by atoms with E-state index in [0.717, 1.165) is 0 Å². The lowest BCUT2D eigenvalue weighted by molar-refractivity contribution is -0.152. The average Bonchev–Trinajstić information content (AvgIpc) is 2.92. The largest absolute Gasteiger partial charge is 0.481 e. The predicted octanol–water partition coefficient (Wildman–Crippen LogP) is 2.42. The molecule has 0 amide bonds. The summed E-state index contributed by atoms with van der Waals surface area (Å²) in [6.07, 6.45) is 3.84. The van der Waals surface area contributed by atoms with Crippen LogP contribution in [0.5, 0.6) is 0 Å². The lowest BCUT2D eigenvalue weighted by atomic mass is 10.2. The summed E-state index contributed by atoms with van der Waals surface area (Å²) in [5.41, 5.74) is 0. The zero-order chi connectivity index (χ0) is 30.3. The standard InChI is InChI=1S/C26H47NO10S3/c1-19(25(31)32)18-40-15-10-27(8-6-22(28)17-34-11-12-37-26(33)21(3)39-5)9-7-23(29)35-13-14-36-24(30)16-20(2)38-4/h19-22,28H,6-18H2,1-5H3,(H,31,32). The van der Waals surface area contributed by atoms with Crippen LogP contribution in [0.4, 0.5) is 0 Å². The van der Waals surface area contributed by atoms with Gasteiger partial charge in [-0.2, -0.15) is 35.3 Å². The van der Waals surface area contributed by atoms with Crippen molar-refractivity contribution in [3.05, 3.63) is 0 Å². The molecule has 0 spiro atoms. The van der Waals surface area contributed by atoms with Crippen LogP contribution in [0.15, 0.2) is 0 Å². The zero-order valence-corrected chi connectivity index (χ0v) is 26.8. The summed E-state index contributed by atoms with van der Waals surface area (Å²) < 4.78 is 20.8. The van der Waals surface area contributed by atoms with Gasteiger partial charge in [-0.15, -0.1) is 0 Å². The van der Waals surface area contributed by atoms with Crippen molar-refractivity contribution in [2.75, 3.05) is 76.7 Å². The van der Waals surface area contributed by atoms with Crippen molar-refractivity contribution >= 4 is 59.2 Å². The number of thioether (sulfide) groups is 3. The Kier molecular flexibility index (Phi) is 23.7. The first-order chi connectivity index (χ1) is 19.0. The van der Waals surface area contributed by atoms with Gasteiger partial charge < -0.3 is 34.1 Å². The minimum absolute atomic E-state index is 0.00970. The van der Waals surface area contributed by atoms with E-state index in [2.05, 4.69) is 0 Å². The van der Waals surface area contributed by atoms with Crippen LogP contribution in [0, 0.1) is 5.92 Å².